The van der Waals surface area contributed by atoms with Crippen LogP contribution >= 0.6 is 0 Å². The van der Waals surface area contributed by atoms with Gasteiger partial charge in [0.1, 0.15) is 5.60 Å². The van der Waals surface area contributed by atoms with Gasteiger partial charge in [0.05, 0.1) is 0 Å². The highest BCUT2D eigenvalue weighted by Crippen LogP contribution is 2.07. The molecule has 0 aliphatic heterocycles. The van der Waals surface area contributed by atoms with Crippen LogP contribution in [0.25, 0.3) is 0 Å². The van der Waals surface area contributed by atoms with Crippen molar-refractivity contribution in [3.05, 3.63) is 6.92 Å². The zero-order valence-electron chi connectivity index (χ0n) is 9.57. The Kier molecular flexibility index (Phi) is 4.94. The van der Waals surface area contributed by atoms with Crippen LogP contribution in [0.3, 0.4) is 0 Å². The highest BCUT2D eigenvalue weighted by molar-refractivity contribution is 6.32. The van der Waals surface area contributed by atoms with E-state index in [2.05, 4.69) is 12.2 Å². The quantitative estimate of drug-likeness (QED) is 0.695. The van der Waals surface area contributed by atoms with Crippen molar-refractivity contribution in [3.8, 4) is 0 Å². The topological polar surface area (TPSA) is 92.7 Å². The molecule has 0 fully saturated rings. The number of carboxylic acids is 1. The predicted molar refractivity (Wildman–Crippen MR) is 55.8 cm³/mol. The summed E-state index contributed by atoms with van der Waals surface area (Å²) in [5.74, 6) is -2.55. The number of carbonyl (C=O) groups excluding carboxylic acids is 2. The molecule has 0 rings (SSSR count). The second kappa shape index (κ2) is 5.48. The number of rotatable bonds is 4. The molecule has 1 amide bonds. The van der Waals surface area contributed by atoms with Gasteiger partial charge in [0, 0.05) is 12.5 Å². The van der Waals surface area contributed by atoms with Crippen molar-refractivity contribution in [2.45, 2.75) is 38.8 Å². The lowest BCUT2D eigenvalue weighted by Gasteiger charge is -2.21. The molecule has 6 heteroatoms. The molecule has 2 N–H and O–H groups in total. The number of nitrogens with one attached hydrogen (secondary N) is 1. The second-order valence-electron chi connectivity index (χ2n) is 4.28. The summed E-state index contributed by atoms with van der Waals surface area (Å²) in [6, 6.07) is -0.821. The van der Waals surface area contributed by atoms with Crippen LogP contribution in [0.1, 0.15) is 27.2 Å². The first-order valence-corrected chi connectivity index (χ1v) is 4.70. The van der Waals surface area contributed by atoms with Gasteiger partial charge in [-0.3, -0.25) is 4.79 Å². The third-order valence-electron chi connectivity index (χ3n) is 1.39. The smallest absolute Gasteiger partial charge is 0.407 e. The van der Waals surface area contributed by atoms with E-state index < -0.39 is 29.5 Å². The summed E-state index contributed by atoms with van der Waals surface area (Å²) in [7, 11) is 0. The number of Topliss-reactive ketones (excluding diaryl/α,β-unsaturated/α-hetero) is 1. The first kappa shape index (κ1) is 14.4. The van der Waals surface area contributed by atoms with Gasteiger partial charge in [-0.05, 0) is 27.7 Å². The van der Waals surface area contributed by atoms with Crippen molar-refractivity contribution in [2.75, 3.05) is 0 Å². The second-order valence-corrected chi connectivity index (χ2v) is 4.28. The van der Waals surface area contributed by atoms with Crippen molar-refractivity contribution in [1.29, 1.82) is 0 Å². The van der Waals surface area contributed by atoms with Gasteiger partial charge >= 0.3 is 12.1 Å². The minimum absolute atomic E-state index is 0.366. The number of aliphatic carboxylic acids is 1. The van der Waals surface area contributed by atoms with E-state index in [0.717, 1.165) is 0 Å². The maximum atomic E-state index is 11.2. The first-order chi connectivity index (χ1) is 7.11. The van der Waals surface area contributed by atoms with Gasteiger partial charge in [-0.1, -0.05) is 0 Å². The number of alkyl carbamates (subject to hydrolysis) is 1. The Morgan fingerprint density at radius 1 is 1.38 bits per heavy atom. The molecule has 16 heavy (non-hydrogen) atoms. The van der Waals surface area contributed by atoms with Crippen molar-refractivity contribution >= 4 is 17.8 Å². The Hall–Kier alpha value is -1.59. The maximum absolute atomic E-state index is 11.2. The molecule has 0 aromatic heterocycles. The van der Waals surface area contributed by atoms with Gasteiger partial charge in [-0.25, -0.2) is 9.59 Å². The van der Waals surface area contributed by atoms with E-state index >= 15 is 0 Å². The molecule has 1 atom stereocenters. The molecule has 0 aliphatic carbocycles. The molecule has 0 saturated heterocycles. The minimum Gasteiger partial charge on any atom is -0.476 e. The number of ketones is 1. The summed E-state index contributed by atoms with van der Waals surface area (Å²) in [4.78, 5) is 32.2. The fraction of sp³-hybridized carbons (Fsp3) is 0.600. The summed E-state index contributed by atoms with van der Waals surface area (Å²) >= 11 is 0. The maximum Gasteiger partial charge on any atom is 0.407 e. The number of amides is 1. The summed E-state index contributed by atoms with van der Waals surface area (Å²) in [5, 5.41) is 10.6. The van der Waals surface area contributed by atoms with Gasteiger partial charge in [0.25, 0.3) is 0 Å². The average Bonchev–Trinajstić information content (AvgIpc) is 1.98. The van der Waals surface area contributed by atoms with Gasteiger partial charge in [0.15, 0.2) is 0 Å². The predicted octanol–water partition coefficient (Wildman–Crippen LogP) is 0.758. The number of hydrogen-bond donors (Lipinski definition) is 2. The minimum atomic E-state index is -1.54. The zero-order valence-corrected chi connectivity index (χ0v) is 9.57. The van der Waals surface area contributed by atoms with Gasteiger partial charge in [0.2, 0.25) is 5.78 Å². The molecule has 0 aromatic carbocycles. The normalized spacial score (nSPS) is 12.8. The monoisotopic (exact) mass is 230 g/mol. The highest BCUT2D eigenvalue weighted by Gasteiger charge is 2.20. The number of hydrogen-bond acceptors (Lipinski definition) is 4. The van der Waals surface area contributed by atoms with E-state index in [9.17, 15) is 14.4 Å². The number of carbonyl (C=O) groups is 3. The fourth-order valence-corrected chi connectivity index (χ4v) is 0.836. The molecule has 91 valence electrons. The fourth-order valence-electron chi connectivity index (χ4n) is 0.836. The third-order valence-corrected chi connectivity index (χ3v) is 1.39. The van der Waals surface area contributed by atoms with Crippen molar-refractivity contribution in [2.24, 2.45) is 0 Å². The van der Waals surface area contributed by atoms with E-state index in [1.54, 1.807) is 20.8 Å². The van der Waals surface area contributed by atoms with Crippen LogP contribution in [0.4, 0.5) is 4.79 Å². The summed E-state index contributed by atoms with van der Waals surface area (Å²) in [6.45, 7) is 8.50. The van der Waals surface area contributed by atoms with Crippen LogP contribution < -0.4 is 5.32 Å². The Labute approximate surface area is 94.0 Å². The zero-order chi connectivity index (χ0) is 12.9. The Balaban J connectivity index is 4.06. The average molecular weight is 230 g/mol. The van der Waals surface area contributed by atoms with Crippen molar-refractivity contribution in [3.63, 3.8) is 0 Å². The van der Waals surface area contributed by atoms with E-state index in [4.69, 9.17) is 9.84 Å². The van der Waals surface area contributed by atoms with Crippen LogP contribution in [0.5, 0.6) is 0 Å². The molecular weight excluding hydrogens is 214 g/mol. The summed E-state index contributed by atoms with van der Waals surface area (Å²) in [6.07, 6.45) is -1.10. The molecule has 6 nitrogen and oxygen atoms in total. The van der Waals surface area contributed by atoms with E-state index in [1.165, 1.54) is 0 Å². The summed E-state index contributed by atoms with van der Waals surface area (Å²) in [5.41, 5.74) is -0.652. The van der Waals surface area contributed by atoms with Crippen LogP contribution in [0.15, 0.2) is 0 Å². The molecular formula is C10H16NO5. The standard InChI is InChI=1S/C10H16NO5/c1-6(5-7(12)8(13)14)11-9(15)16-10(2,3)4/h6H,1,5H2,2-4H3,(H,11,15)(H,13,14). The number of ether oxygens (including phenoxy) is 1. The SMILES string of the molecule is [CH2]C(CC(=O)C(=O)O)NC(=O)OC(C)(C)C. The molecule has 0 heterocycles. The molecule has 1 radical (unpaired) electrons. The third kappa shape index (κ3) is 6.80. The van der Waals surface area contributed by atoms with E-state index in [0.29, 0.717) is 0 Å². The van der Waals surface area contributed by atoms with Crippen LogP contribution in [0.2, 0.25) is 0 Å². The summed E-state index contributed by atoms with van der Waals surface area (Å²) < 4.78 is 4.90. The van der Waals surface area contributed by atoms with Gasteiger partial charge < -0.3 is 15.2 Å². The Morgan fingerprint density at radius 2 is 1.88 bits per heavy atom. The lowest BCUT2D eigenvalue weighted by atomic mass is 10.1. The molecule has 0 spiro atoms. The lowest BCUT2D eigenvalue weighted by Crippen LogP contribution is -2.39. The lowest BCUT2D eigenvalue weighted by molar-refractivity contribution is -0.149. The highest BCUT2D eigenvalue weighted by atomic mass is 16.6. The Morgan fingerprint density at radius 3 is 2.25 bits per heavy atom. The molecule has 1 unspecified atom stereocenters. The van der Waals surface area contributed by atoms with E-state index in [-0.39, 0.29) is 6.42 Å². The molecule has 0 bridgehead atoms. The van der Waals surface area contributed by atoms with Crippen molar-refractivity contribution < 1.29 is 24.2 Å². The van der Waals surface area contributed by atoms with Gasteiger partial charge in [-0.2, -0.15) is 0 Å². The number of carboxylic acid groups (broad SMARTS) is 1. The van der Waals surface area contributed by atoms with E-state index in [1.807, 2.05) is 0 Å². The molecule has 0 saturated carbocycles. The largest absolute Gasteiger partial charge is 0.476 e. The first-order valence-electron chi connectivity index (χ1n) is 4.70. The Bertz CT molecular complexity index is 292. The van der Waals surface area contributed by atoms with Crippen LogP contribution in [-0.2, 0) is 14.3 Å². The van der Waals surface area contributed by atoms with Crippen molar-refractivity contribution in [1.82, 2.24) is 5.32 Å². The van der Waals surface area contributed by atoms with Crippen LogP contribution in [0, 0.1) is 6.92 Å². The molecule has 0 aromatic rings. The van der Waals surface area contributed by atoms with Gasteiger partial charge in [-0.15, -0.1) is 0 Å². The van der Waals surface area contributed by atoms with Crippen LogP contribution in [-0.4, -0.2) is 34.6 Å². The molecule has 0 aliphatic rings.